The molecule has 1 amide bonds. The van der Waals surface area contributed by atoms with Crippen LogP contribution in [0.25, 0.3) is 6.08 Å². The molecule has 7 heteroatoms. The molecule has 1 aliphatic heterocycles. The Bertz CT molecular complexity index is 979. The van der Waals surface area contributed by atoms with Gasteiger partial charge in [0.1, 0.15) is 11.6 Å². The molecular weight excluding hydrogens is 408 g/mol. The minimum Gasteiger partial charge on any atom is -0.490 e. The van der Waals surface area contributed by atoms with Crippen LogP contribution >= 0.6 is 12.2 Å². The van der Waals surface area contributed by atoms with Crippen LogP contribution in [-0.2, 0) is 4.79 Å². The molecule has 0 radical (unpaired) electrons. The van der Waals surface area contributed by atoms with E-state index in [0.717, 1.165) is 55.9 Å². The van der Waals surface area contributed by atoms with E-state index >= 15 is 0 Å². The highest BCUT2D eigenvalue weighted by Crippen LogP contribution is 2.29. The van der Waals surface area contributed by atoms with Gasteiger partial charge in [0.25, 0.3) is 0 Å². The number of likely N-dealkylation sites (tertiary alicyclic amines) is 1. The van der Waals surface area contributed by atoms with Crippen molar-refractivity contribution in [1.82, 2.24) is 19.7 Å². The molecule has 2 fully saturated rings. The van der Waals surface area contributed by atoms with Crippen LogP contribution in [0.15, 0.2) is 30.3 Å². The van der Waals surface area contributed by atoms with Crippen LogP contribution in [0.1, 0.15) is 75.7 Å². The molecule has 0 spiro atoms. The summed E-state index contributed by atoms with van der Waals surface area (Å²) in [6, 6.07) is 8.28. The number of carbonyl (C=O) groups is 1. The third kappa shape index (κ3) is 5.26. The van der Waals surface area contributed by atoms with Crippen molar-refractivity contribution in [1.29, 1.82) is 0 Å². The second kappa shape index (κ2) is 9.81. The summed E-state index contributed by atoms with van der Waals surface area (Å²) in [4.78, 5) is 14.6. The van der Waals surface area contributed by atoms with Gasteiger partial charge >= 0.3 is 0 Å². The summed E-state index contributed by atoms with van der Waals surface area (Å²) in [6.45, 7) is 5.70. The van der Waals surface area contributed by atoms with Crippen molar-refractivity contribution < 1.29 is 9.53 Å². The molecule has 2 heterocycles. The van der Waals surface area contributed by atoms with Crippen molar-refractivity contribution in [3.63, 3.8) is 0 Å². The number of amides is 1. The number of hydrogen-bond donors (Lipinski definition) is 1. The number of hydrogen-bond acceptors (Lipinski definition) is 4. The first-order valence-electron chi connectivity index (χ1n) is 11.4. The Morgan fingerprint density at radius 2 is 1.97 bits per heavy atom. The molecule has 0 unspecified atom stereocenters. The van der Waals surface area contributed by atoms with Crippen molar-refractivity contribution in [3.05, 3.63) is 46.5 Å². The summed E-state index contributed by atoms with van der Waals surface area (Å²) < 4.78 is 8.84. The van der Waals surface area contributed by atoms with Crippen molar-refractivity contribution in [2.45, 2.75) is 70.4 Å². The van der Waals surface area contributed by atoms with Gasteiger partial charge in [-0.1, -0.05) is 12.1 Å². The highest BCUT2D eigenvalue weighted by molar-refractivity contribution is 7.71. The Kier molecular flexibility index (Phi) is 6.90. The summed E-state index contributed by atoms with van der Waals surface area (Å²) in [6.07, 6.45) is 10.5. The fourth-order valence-corrected chi connectivity index (χ4v) is 4.98. The van der Waals surface area contributed by atoms with Crippen molar-refractivity contribution in [2.75, 3.05) is 13.1 Å². The lowest BCUT2D eigenvalue weighted by Gasteiger charge is -2.31. The molecule has 4 rings (SSSR count). The zero-order valence-electron chi connectivity index (χ0n) is 18.4. The van der Waals surface area contributed by atoms with Gasteiger partial charge in [-0.05, 0) is 88.4 Å². The monoisotopic (exact) mass is 440 g/mol. The highest BCUT2D eigenvalue weighted by atomic mass is 32.1. The van der Waals surface area contributed by atoms with Gasteiger partial charge in [0.05, 0.1) is 6.10 Å². The van der Waals surface area contributed by atoms with Crippen LogP contribution in [-0.4, -0.2) is 44.8 Å². The number of carbonyl (C=O) groups excluding carboxylic acids is 1. The minimum absolute atomic E-state index is 0.0586. The van der Waals surface area contributed by atoms with Gasteiger partial charge in [-0.25, -0.2) is 0 Å². The summed E-state index contributed by atoms with van der Waals surface area (Å²) >= 11 is 5.38. The predicted molar refractivity (Wildman–Crippen MR) is 125 cm³/mol. The molecule has 2 aromatic rings. The van der Waals surface area contributed by atoms with Gasteiger partial charge in [0.15, 0.2) is 4.77 Å². The number of benzene rings is 1. The van der Waals surface area contributed by atoms with Gasteiger partial charge in [-0.2, -0.15) is 5.10 Å². The molecule has 31 heavy (non-hydrogen) atoms. The summed E-state index contributed by atoms with van der Waals surface area (Å²) in [5.74, 6) is 2.29. The van der Waals surface area contributed by atoms with Crippen molar-refractivity contribution >= 4 is 24.2 Å². The molecule has 1 N–H and O–H groups in total. The van der Waals surface area contributed by atoms with Gasteiger partial charge in [0, 0.05) is 31.1 Å². The van der Waals surface area contributed by atoms with Crippen LogP contribution in [0.2, 0.25) is 0 Å². The lowest BCUT2D eigenvalue weighted by atomic mass is 9.95. The number of nitrogens with zero attached hydrogens (tertiary/aromatic N) is 3. The Labute approximate surface area is 189 Å². The first kappa shape index (κ1) is 21.8. The molecule has 1 aromatic carbocycles. The standard InChI is InChI=1S/C24H32N4O2S/c1-17(2)28-23(25-26-24(28)31)19-12-14-27(15-13-19)22(29)11-10-18-6-5-9-21(16-18)30-20-7-3-4-8-20/h5-6,9-11,16-17,19-20H,3-4,7-8,12-15H2,1-2H3,(H,26,31)/b11-10+. The average Bonchev–Trinajstić information content (AvgIpc) is 3.42. The summed E-state index contributed by atoms with van der Waals surface area (Å²) in [5.41, 5.74) is 0.992. The molecular formula is C24H32N4O2S. The molecule has 1 saturated carbocycles. The third-order valence-corrected chi connectivity index (χ3v) is 6.59. The van der Waals surface area contributed by atoms with E-state index in [9.17, 15) is 4.79 Å². The van der Waals surface area contributed by atoms with E-state index in [2.05, 4.69) is 28.6 Å². The summed E-state index contributed by atoms with van der Waals surface area (Å²) in [7, 11) is 0. The Morgan fingerprint density at radius 1 is 1.23 bits per heavy atom. The van der Waals surface area contributed by atoms with E-state index in [1.165, 1.54) is 12.8 Å². The minimum atomic E-state index is 0.0586. The number of aromatic nitrogens is 3. The topological polar surface area (TPSA) is 63.1 Å². The largest absolute Gasteiger partial charge is 0.490 e. The smallest absolute Gasteiger partial charge is 0.246 e. The number of nitrogens with one attached hydrogen (secondary N) is 1. The van der Waals surface area contributed by atoms with Crippen LogP contribution in [0.3, 0.4) is 0 Å². The molecule has 166 valence electrons. The first-order chi connectivity index (χ1) is 15.0. The van der Waals surface area contributed by atoms with Crippen molar-refractivity contribution in [3.8, 4) is 5.75 Å². The molecule has 0 atom stereocenters. The maximum Gasteiger partial charge on any atom is 0.246 e. The lowest BCUT2D eigenvalue weighted by Crippen LogP contribution is -2.37. The number of aromatic amines is 1. The number of ether oxygens (including phenoxy) is 1. The Hall–Kier alpha value is -2.41. The van der Waals surface area contributed by atoms with Gasteiger partial charge in [-0.15, -0.1) is 0 Å². The average molecular weight is 441 g/mol. The fourth-order valence-electron chi connectivity index (χ4n) is 4.63. The first-order valence-corrected chi connectivity index (χ1v) is 11.8. The molecule has 1 aliphatic carbocycles. The fraction of sp³-hybridized carbons (Fsp3) is 0.542. The van der Waals surface area contributed by atoms with Crippen LogP contribution in [0.4, 0.5) is 0 Å². The maximum absolute atomic E-state index is 12.7. The van der Waals surface area contributed by atoms with Crippen LogP contribution in [0, 0.1) is 4.77 Å². The second-order valence-corrected chi connectivity index (χ2v) is 9.27. The lowest BCUT2D eigenvalue weighted by molar-refractivity contribution is -0.127. The van der Waals surface area contributed by atoms with E-state index in [1.807, 2.05) is 35.2 Å². The van der Waals surface area contributed by atoms with Crippen molar-refractivity contribution in [2.24, 2.45) is 0 Å². The van der Waals surface area contributed by atoms with Gasteiger partial charge < -0.3 is 14.2 Å². The van der Waals surface area contributed by atoms with E-state index < -0.39 is 0 Å². The quantitative estimate of drug-likeness (QED) is 0.491. The van der Waals surface area contributed by atoms with E-state index in [0.29, 0.717) is 16.8 Å². The molecule has 1 aromatic heterocycles. The highest BCUT2D eigenvalue weighted by Gasteiger charge is 2.27. The number of rotatable bonds is 6. The van der Waals surface area contributed by atoms with Gasteiger partial charge in [-0.3, -0.25) is 9.89 Å². The normalized spacial score (nSPS) is 18.4. The number of piperidine rings is 1. The summed E-state index contributed by atoms with van der Waals surface area (Å²) in [5, 5.41) is 7.40. The zero-order chi connectivity index (χ0) is 21.8. The van der Waals surface area contributed by atoms with E-state index in [1.54, 1.807) is 6.08 Å². The van der Waals surface area contributed by atoms with Crippen LogP contribution in [0.5, 0.6) is 5.75 Å². The van der Waals surface area contributed by atoms with Crippen LogP contribution < -0.4 is 4.74 Å². The Morgan fingerprint density at radius 3 is 2.68 bits per heavy atom. The molecule has 0 bridgehead atoms. The van der Waals surface area contributed by atoms with E-state index in [4.69, 9.17) is 17.0 Å². The zero-order valence-corrected chi connectivity index (χ0v) is 19.2. The molecule has 6 nitrogen and oxygen atoms in total. The maximum atomic E-state index is 12.7. The molecule has 2 aliphatic rings. The molecule has 1 saturated heterocycles. The van der Waals surface area contributed by atoms with E-state index in [-0.39, 0.29) is 11.9 Å². The van der Waals surface area contributed by atoms with Gasteiger partial charge in [0.2, 0.25) is 5.91 Å². The Balaban J connectivity index is 1.33. The second-order valence-electron chi connectivity index (χ2n) is 8.88. The third-order valence-electron chi connectivity index (χ3n) is 6.30. The number of H-pyrrole nitrogens is 1. The predicted octanol–water partition coefficient (Wildman–Crippen LogP) is 5.26. The SMILES string of the molecule is CC(C)n1c(C2CCN(C(=O)/C=C/c3cccc(OC4CCCC4)c3)CC2)n[nH]c1=S.